The Bertz CT molecular complexity index is 598. The third kappa shape index (κ3) is 4.50. The number of carbonyl (C=O) groups is 1. The average Bonchev–Trinajstić information content (AvgIpc) is 2.80. The SMILES string of the molecule is COC[C@]1(CC(=O)N(C)C)CN(Cc2c(C)nn(C)c2OC)CCO1. The Balaban J connectivity index is 2.16. The summed E-state index contributed by atoms with van der Waals surface area (Å²) >= 11 is 0. The van der Waals surface area contributed by atoms with Gasteiger partial charge in [-0.2, -0.15) is 5.10 Å². The van der Waals surface area contributed by atoms with Crippen LogP contribution in [0.1, 0.15) is 17.7 Å². The molecule has 2 rings (SSSR count). The molecule has 2 heterocycles. The molecule has 0 aliphatic carbocycles. The van der Waals surface area contributed by atoms with E-state index in [4.69, 9.17) is 14.2 Å². The van der Waals surface area contributed by atoms with Crippen molar-refractivity contribution in [1.82, 2.24) is 19.6 Å². The van der Waals surface area contributed by atoms with Crippen molar-refractivity contribution in [3.63, 3.8) is 0 Å². The second-order valence-corrected chi connectivity index (χ2v) is 6.84. The van der Waals surface area contributed by atoms with Crippen molar-refractivity contribution in [2.24, 2.45) is 7.05 Å². The number of aromatic nitrogens is 2. The molecule has 1 amide bonds. The van der Waals surface area contributed by atoms with E-state index < -0.39 is 5.60 Å². The third-order valence-electron chi connectivity index (χ3n) is 4.57. The topological polar surface area (TPSA) is 69.1 Å². The summed E-state index contributed by atoms with van der Waals surface area (Å²) in [6.45, 7) is 5.04. The predicted octanol–water partition coefficient (Wildman–Crippen LogP) is 0.433. The number of hydrogen-bond acceptors (Lipinski definition) is 6. The zero-order valence-corrected chi connectivity index (χ0v) is 16.2. The zero-order chi connectivity index (χ0) is 18.6. The van der Waals surface area contributed by atoms with E-state index in [1.807, 2.05) is 14.0 Å². The Morgan fingerprint density at radius 3 is 2.72 bits per heavy atom. The highest BCUT2D eigenvalue weighted by Crippen LogP contribution is 2.28. The van der Waals surface area contributed by atoms with Gasteiger partial charge in [-0.1, -0.05) is 0 Å². The number of methoxy groups -OCH3 is 2. The number of hydrogen-bond donors (Lipinski definition) is 0. The molecule has 8 nitrogen and oxygen atoms in total. The first-order chi connectivity index (χ1) is 11.8. The van der Waals surface area contributed by atoms with E-state index in [0.29, 0.717) is 32.7 Å². The van der Waals surface area contributed by atoms with Gasteiger partial charge in [0.2, 0.25) is 11.8 Å². The molecule has 1 aromatic heterocycles. The number of rotatable bonds is 7. The maximum atomic E-state index is 12.3. The molecule has 0 saturated carbocycles. The molecular formula is C17H30N4O4. The molecule has 8 heteroatoms. The molecule has 1 atom stereocenters. The summed E-state index contributed by atoms with van der Waals surface area (Å²) in [6.07, 6.45) is 0.299. The number of aryl methyl sites for hydroxylation is 2. The summed E-state index contributed by atoms with van der Waals surface area (Å²) in [6, 6.07) is 0. The monoisotopic (exact) mass is 354 g/mol. The number of carbonyl (C=O) groups excluding carboxylic acids is 1. The minimum absolute atomic E-state index is 0.0361. The molecule has 25 heavy (non-hydrogen) atoms. The van der Waals surface area contributed by atoms with Crippen molar-refractivity contribution >= 4 is 5.91 Å². The summed E-state index contributed by atoms with van der Waals surface area (Å²) in [5.41, 5.74) is 1.39. The van der Waals surface area contributed by atoms with Crippen molar-refractivity contribution in [3.05, 3.63) is 11.3 Å². The highest BCUT2D eigenvalue weighted by molar-refractivity contribution is 5.76. The van der Waals surface area contributed by atoms with Crippen LogP contribution in [0.2, 0.25) is 0 Å². The number of nitrogens with zero attached hydrogens (tertiary/aromatic N) is 4. The van der Waals surface area contributed by atoms with Crippen molar-refractivity contribution in [2.45, 2.75) is 25.5 Å². The Morgan fingerprint density at radius 2 is 2.12 bits per heavy atom. The zero-order valence-electron chi connectivity index (χ0n) is 16.2. The first-order valence-corrected chi connectivity index (χ1v) is 8.44. The lowest BCUT2D eigenvalue weighted by Gasteiger charge is -2.42. The van der Waals surface area contributed by atoms with Crippen LogP contribution in [0.5, 0.6) is 5.88 Å². The van der Waals surface area contributed by atoms with Crippen molar-refractivity contribution in [1.29, 1.82) is 0 Å². The van der Waals surface area contributed by atoms with Crippen molar-refractivity contribution in [2.75, 3.05) is 54.6 Å². The molecule has 1 aromatic rings. The van der Waals surface area contributed by atoms with Crippen LogP contribution in [0.4, 0.5) is 0 Å². The molecular weight excluding hydrogens is 324 g/mol. The van der Waals surface area contributed by atoms with E-state index >= 15 is 0 Å². The van der Waals surface area contributed by atoms with Gasteiger partial charge in [-0.25, -0.2) is 4.68 Å². The molecule has 1 aliphatic heterocycles. The fourth-order valence-corrected chi connectivity index (χ4v) is 3.34. The Labute approximate surface area is 149 Å². The van der Waals surface area contributed by atoms with Crippen LogP contribution < -0.4 is 4.74 Å². The second-order valence-electron chi connectivity index (χ2n) is 6.84. The van der Waals surface area contributed by atoms with Gasteiger partial charge in [-0.05, 0) is 6.92 Å². The van der Waals surface area contributed by atoms with E-state index in [2.05, 4.69) is 10.00 Å². The van der Waals surface area contributed by atoms with Crippen molar-refractivity contribution < 1.29 is 19.0 Å². The summed E-state index contributed by atoms with van der Waals surface area (Å²) in [7, 11) is 8.68. The van der Waals surface area contributed by atoms with Crippen LogP contribution >= 0.6 is 0 Å². The fourth-order valence-electron chi connectivity index (χ4n) is 3.34. The van der Waals surface area contributed by atoms with Crippen LogP contribution in [0.25, 0.3) is 0 Å². The summed E-state index contributed by atoms with van der Waals surface area (Å²) < 4.78 is 18.6. The first-order valence-electron chi connectivity index (χ1n) is 8.44. The lowest BCUT2D eigenvalue weighted by molar-refractivity contribution is -0.160. The van der Waals surface area contributed by atoms with E-state index in [1.54, 1.807) is 37.9 Å². The molecule has 1 fully saturated rings. The van der Waals surface area contributed by atoms with Crippen LogP contribution in [0.15, 0.2) is 0 Å². The summed E-state index contributed by atoms with van der Waals surface area (Å²) in [5.74, 6) is 0.805. The largest absolute Gasteiger partial charge is 0.481 e. The number of amides is 1. The van der Waals surface area contributed by atoms with Gasteiger partial charge in [-0.3, -0.25) is 9.69 Å². The second kappa shape index (κ2) is 8.16. The molecule has 0 bridgehead atoms. The van der Waals surface area contributed by atoms with Gasteiger partial charge in [0.1, 0.15) is 5.60 Å². The molecule has 1 saturated heterocycles. The Morgan fingerprint density at radius 1 is 1.40 bits per heavy atom. The van der Waals surface area contributed by atoms with Gasteiger partial charge in [0.25, 0.3) is 0 Å². The standard InChI is InChI=1S/C17H30N4O4/c1-13-14(16(24-6)20(4)18-13)10-21-7-8-25-17(11-21,12-23-5)9-15(22)19(2)3/h7-12H2,1-6H3/t17-/m0/s1. The van der Waals surface area contributed by atoms with E-state index in [9.17, 15) is 4.79 Å². The lowest BCUT2D eigenvalue weighted by atomic mass is 9.96. The molecule has 142 valence electrons. The van der Waals surface area contributed by atoms with Gasteiger partial charge in [0.05, 0.1) is 38.0 Å². The normalized spacial score (nSPS) is 21.4. The maximum absolute atomic E-state index is 12.3. The molecule has 0 unspecified atom stereocenters. The third-order valence-corrected chi connectivity index (χ3v) is 4.57. The average molecular weight is 354 g/mol. The molecule has 0 spiro atoms. The van der Waals surface area contributed by atoms with Gasteiger partial charge in [0, 0.05) is 47.9 Å². The van der Waals surface area contributed by atoms with Crippen LogP contribution in [-0.4, -0.2) is 85.7 Å². The Kier molecular flexibility index (Phi) is 6.42. The van der Waals surface area contributed by atoms with E-state index in [0.717, 1.165) is 23.7 Å². The van der Waals surface area contributed by atoms with Gasteiger partial charge < -0.3 is 19.1 Å². The van der Waals surface area contributed by atoms with E-state index in [1.165, 1.54) is 0 Å². The minimum Gasteiger partial charge on any atom is -0.481 e. The van der Waals surface area contributed by atoms with Gasteiger partial charge in [0.15, 0.2) is 0 Å². The first kappa shape index (κ1) is 19.7. The summed E-state index contributed by atoms with van der Waals surface area (Å²) in [5, 5.41) is 4.44. The molecule has 1 aliphatic rings. The highest BCUT2D eigenvalue weighted by atomic mass is 16.5. The predicted molar refractivity (Wildman–Crippen MR) is 93.6 cm³/mol. The highest BCUT2D eigenvalue weighted by Gasteiger charge is 2.39. The maximum Gasteiger partial charge on any atom is 0.225 e. The smallest absolute Gasteiger partial charge is 0.225 e. The van der Waals surface area contributed by atoms with Gasteiger partial charge >= 0.3 is 0 Å². The lowest BCUT2D eigenvalue weighted by Crippen LogP contribution is -2.55. The number of ether oxygens (including phenoxy) is 3. The Hall–Kier alpha value is -1.64. The molecule has 0 N–H and O–H groups in total. The van der Waals surface area contributed by atoms with E-state index in [-0.39, 0.29) is 5.91 Å². The minimum atomic E-state index is -0.627. The summed E-state index contributed by atoms with van der Waals surface area (Å²) in [4.78, 5) is 16.1. The quantitative estimate of drug-likeness (QED) is 0.707. The fraction of sp³-hybridized carbons (Fsp3) is 0.765. The molecule has 0 aromatic carbocycles. The van der Waals surface area contributed by atoms with Crippen LogP contribution in [0.3, 0.4) is 0 Å². The van der Waals surface area contributed by atoms with Crippen LogP contribution in [-0.2, 0) is 27.9 Å². The van der Waals surface area contributed by atoms with Crippen molar-refractivity contribution in [3.8, 4) is 5.88 Å². The number of morpholine rings is 1. The molecule has 0 radical (unpaired) electrons. The van der Waals surface area contributed by atoms with Crippen LogP contribution in [0, 0.1) is 6.92 Å². The van der Waals surface area contributed by atoms with Gasteiger partial charge in [-0.15, -0.1) is 0 Å².